The number of unbranched alkanes of at least 4 members (excludes halogenated alkanes) is 31. The summed E-state index contributed by atoms with van der Waals surface area (Å²) in [6, 6.07) is -0.551. The molecule has 0 rings (SSSR count). The molecule has 0 bridgehead atoms. The van der Waals surface area contributed by atoms with E-state index < -0.39 is 12.1 Å². The first-order chi connectivity index (χ1) is 26.5. The van der Waals surface area contributed by atoms with E-state index in [0.717, 1.165) is 57.8 Å². The van der Waals surface area contributed by atoms with Crippen molar-refractivity contribution >= 4 is 11.9 Å². The number of nitrogens with one attached hydrogen (secondary N) is 1. The second-order valence-electron chi connectivity index (χ2n) is 16.4. The van der Waals surface area contributed by atoms with E-state index in [9.17, 15) is 19.8 Å². The summed E-state index contributed by atoms with van der Waals surface area (Å²) in [6.45, 7) is 4.89. The van der Waals surface area contributed by atoms with Crippen LogP contribution in [0.2, 0.25) is 0 Å². The Morgan fingerprint density at radius 2 is 0.870 bits per heavy atom. The molecule has 0 saturated carbocycles. The lowest BCUT2D eigenvalue weighted by atomic mass is 10.0. The van der Waals surface area contributed by atoms with Crippen molar-refractivity contribution in [1.29, 1.82) is 0 Å². The first-order valence-corrected chi connectivity index (χ1v) is 23.9. The molecule has 0 aromatic rings. The van der Waals surface area contributed by atoms with Gasteiger partial charge in [0.1, 0.15) is 0 Å². The van der Waals surface area contributed by atoms with Crippen molar-refractivity contribution < 1.29 is 24.5 Å². The Labute approximate surface area is 336 Å². The molecule has 2 unspecified atom stereocenters. The number of ether oxygens (including phenoxy) is 1. The highest BCUT2D eigenvalue weighted by Crippen LogP contribution is 2.16. The molecule has 54 heavy (non-hydrogen) atoms. The summed E-state index contributed by atoms with van der Waals surface area (Å²) in [5, 5.41) is 23.1. The van der Waals surface area contributed by atoms with E-state index in [1.807, 2.05) is 0 Å². The van der Waals surface area contributed by atoms with Crippen molar-refractivity contribution in [3.63, 3.8) is 0 Å². The number of hydrogen-bond acceptors (Lipinski definition) is 5. The molecule has 6 heteroatoms. The highest BCUT2D eigenvalue weighted by atomic mass is 16.5. The summed E-state index contributed by atoms with van der Waals surface area (Å²) >= 11 is 0. The largest absolute Gasteiger partial charge is 0.466 e. The van der Waals surface area contributed by atoms with Crippen molar-refractivity contribution in [3.05, 3.63) is 12.2 Å². The third-order valence-electron chi connectivity index (χ3n) is 11.1. The van der Waals surface area contributed by atoms with E-state index in [1.54, 1.807) is 0 Å². The van der Waals surface area contributed by atoms with Crippen LogP contribution in [0.3, 0.4) is 0 Å². The quantitative estimate of drug-likeness (QED) is 0.0326. The number of aliphatic hydroxyl groups excluding tert-OH is 2. The summed E-state index contributed by atoms with van der Waals surface area (Å²) in [6.07, 6.45) is 48.8. The van der Waals surface area contributed by atoms with E-state index >= 15 is 0 Å². The highest BCUT2D eigenvalue weighted by molar-refractivity contribution is 5.76. The zero-order valence-corrected chi connectivity index (χ0v) is 36.2. The van der Waals surface area contributed by atoms with Gasteiger partial charge < -0.3 is 20.3 Å². The van der Waals surface area contributed by atoms with Gasteiger partial charge in [-0.2, -0.15) is 0 Å². The molecule has 320 valence electrons. The van der Waals surface area contributed by atoms with Gasteiger partial charge in [0.15, 0.2) is 0 Å². The molecule has 6 nitrogen and oxygen atoms in total. The van der Waals surface area contributed by atoms with Crippen LogP contribution in [0.4, 0.5) is 0 Å². The number of esters is 1. The third-order valence-corrected chi connectivity index (χ3v) is 11.1. The minimum atomic E-state index is -0.672. The lowest BCUT2D eigenvalue weighted by molar-refractivity contribution is -0.143. The molecule has 0 radical (unpaired) electrons. The molecule has 0 heterocycles. The standard InChI is InChI=1S/C48H93NO5/c1-3-5-7-9-11-13-15-16-17-22-26-30-34-38-42-48(53)54-43-39-35-31-27-23-19-18-21-25-29-33-37-41-47(52)49-45(44-50)46(51)40-36-32-28-24-20-14-12-10-8-6-4-2/h15-16,45-46,50-51H,3-14,17-44H2,1-2H3,(H,49,52)/b16-15-. The van der Waals surface area contributed by atoms with Crippen LogP contribution in [-0.4, -0.2) is 47.4 Å². The van der Waals surface area contributed by atoms with Gasteiger partial charge in [0.25, 0.3) is 0 Å². The minimum absolute atomic E-state index is 0.0180. The van der Waals surface area contributed by atoms with E-state index in [0.29, 0.717) is 25.9 Å². The average Bonchev–Trinajstić information content (AvgIpc) is 3.17. The summed E-state index contributed by atoms with van der Waals surface area (Å²) in [5.41, 5.74) is 0. The average molecular weight is 764 g/mol. The number of aliphatic hydroxyl groups is 2. The predicted molar refractivity (Wildman–Crippen MR) is 232 cm³/mol. The molecule has 0 saturated heterocycles. The fourth-order valence-electron chi connectivity index (χ4n) is 7.34. The fraction of sp³-hybridized carbons (Fsp3) is 0.917. The lowest BCUT2D eigenvalue weighted by Crippen LogP contribution is -2.45. The van der Waals surface area contributed by atoms with Gasteiger partial charge in [-0.15, -0.1) is 0 Å². The van der Waals surface area contributed by atoms with Crippen molar-refractivity contribution in [1.82, 2.24) is 5.32 Å². The summed E-state index contributed by atoms with van der Waals surface area (Å²) < 4.78 is 5.45. The fourth-order valence-corrected chi connectivity index (χ4v) is 7.34. The van der Waals surface area contributed by atoms with Crippen LogP contribution in [-0.2, 0) is 14.3 Å². The molecule has 3 N–H and O–H groups in total. The van der Waals surface area contributed by atoms with Crippen LogP contribution in [0.1, 0.15) is 258 Å². The summed E-state index contributed by atoms with van der Waals surface area (Å²) in [4.78, 5) is 24.4. The van der Waals surface area contributed by atoms with Crippen molar-refractivity contribution in [2.24, 2.45) is 0 Å². The van der Waals surface area contributed by atoms with Crippen LogP contribution in [0.25, 0.3) is 0 Å². The van der Waals surface area contributed by atoms with Gasteiger partial charge in [-0.1, -0.05) is 206 Å². The molecule has 0 aromatic carbocycles. The summed E-state index contributed by atoms with van der Waals surface area (Å²) in [5.74, 6) is -0.0701. The Morgan fingerprint density at radius 1 is 0.500 bits per heavy atom. The second kappa shape index (κ2) is 44.3. The Morgan fingerprint density at radius 3 is 1.31 bits per heavy atom. The highest BCUT2D eigenvalue weighted by Gasteiger charge is 2.20. The van der Waals surface area contributed by atoms with Gasteiger partial charge in [-0.25, -0.2) is 0 Å². The molecule has 0 aliphatic heterocycles. The topological polar surface area (TPSA) is 95.9 Å². The van der Waals surface area contributed by atoms with Gasteiger partial charge >= 0.3 is 5.97 Å². The Balaban J connectivity index is 3.45. The monoisotopic (exact) mass is 764 g/mol. The first-order valence-electron chi connectivity index (χ1n) is 23.9. The van der Waals surface area contributed by atoms with E-state index in [-0.39, 0.29) is 18.5 Å². The number of carbonyl (C=O) groups excluding carboxylic acids is 2. The van der Waals surface area contributed by atoms with E-state index in [2.05, 4.69) is 31.3 Å². The maximum atomic E-state index is 12.4. The van der Waals surface area contributed by atoms with Crippen LogP contribution in [0.15, 0.2) is 12.2 Å². The normalized spacial score (nSPS) is 12.7. The molecule has 2 atom stereocenters. The Bertz CT molecular complexity index is 802. The first kappa shape index (κ1) is 52.6. The molecular weight excluding hydrogens is 671 g/mol. The lowest BCUT2D eigenvalue weighted by Gasteiger charge is -2.22. The van der Waals surface area contributed by atoms with E-state index in [4.69, 9.17) is 4.74 Å². The smallest absolute Gasteiger partial charge is 0.305 e. The number of rotatable bonds is 44. The molecule has 0 aliphatic rings. The van der Waals surface area contributed by atoms with Crippen LogP contribution in [0, 0.1) is 0 Å². The van der Waals surface area contributed by atoms with Crippen LogP contribution >= 0.6 is 0 Å². The number of allylic oxidation sites excluding steroid dienone is 2. The SMILES string of the molecule is CCCCCCC/C=C\CCCCCCCC(=O)OCCCCCCCCCCCCCCC(=O)NC(CO)C(O)CCCCCCCCCCCCC. The molecular formula is C48H93NO5. The maximum absolute atomic E-state index is 12.4. The summed E-state index contributed by atoms with van der Waals surface area (Å²) in [7, 11) is 0. The molecule has 1 amide bonds. The van der Waals surface area contributed by atoms with Gasteiger partial charge in [0, 0.05) is 12.8 Å². The predicted octanol–water partition coefficient (Wildman–Crippen LogP) is 13.8. The number of hydrogen-bond donors (Lipinski definition) is 3. The van der Waals surface area contributed by atoms with Crippen molar-refractivity contribution in [3.8, 4) is 0 Å². The van der Waals surface area contributed by atoms with Crippen LogP contribution in [0.5, 0.6) is 0 Å². The van der Waals surface area contributed by atoms with E-state index in [1.165, 1.54) is 167 Å². The number of amides is 1. The van der Waals surface area contributed by atoms with Crippen molar-refractivity contribution in [2.75, 3.05) is 13.2 Å². The molecule has 0 aromatic heterocycles. The third kappa shape index (κ3) is 40.3. The maximum Gasteiger partial charge on any atom is 0.305 e. The second-order valence-corrected chi connectivity index (χ2v) is 16.4. The molecule has 0 spiro atoms. The zero-order chi connectivity index (χ0) is 39.4. The van der Waals surface area contributed by atoms with Gasteiger partial charge in [-0.05, 0) is 51.4 Å². The van der Waals surface area contributed by atoms with Gasteiger partial charge in [0.2, 0.25) is 5.91 Å². The van der Waals surface area contributed by atoms with Gasteiger partial charge in [-0.3, -0.25) is 9.59 Å². The Kier molecular flexibility index (Phi) is 43.2. The van der Waals surface area contributed by atoms with Gasteiger partial charge in [0.05, 0.1) is 25.4 Å². The zero-order valence-electron chi connectivity index (χ0n) is 36.2. The minimum Gasteiger partial charge on any atom is -0.466 e. The Hall–Kier alpha value is -1.40. The van der Waals surface area contributed by atoms with Crippen molar-refractivity contribution in [2.45, 2.75) is 270 Å². The molecule has 0 fully saturated rings. The number of carbonyl (C=O) groups is 2. The molecule has 0 aliphatic carbocycles. The van der Waals surface area contributed by atoms with Crippen LogP contribution < -0.4 is 5.32 Å².